The van der Waals surface area contributed by atoms with Gasteiger partial charge in [-0.05, 0) is 47.9 Å². The van der Waals surface area contributed by atoms with E-state index < -0.39 is 0 Å². The number of alkyl halides is 1. The van der Waals surface area contributed by atoms with E-state index in [2.05, 4.69) is 35.0 Å². The number of hydrogen-bond donors (Lipinski definition) is 0. The fourth-order valence-corrected chi connectivity index (χ4v) is 3.74. The number of hydrogen-bond acceptors (Lipinski definition) is 1. The van der Waals surface area contributed by atoms with Gasteiger partial charge in [-0.1, -0.05) is 33.6 Å². The Labute approximate surface area is 137 Å². The van der Waals surface area contributed by atoms with E-state index in [0.717, 1.165) is 33.3 Å². The van der Waals surface area contributed by atoms with Crippen LogP contribution in [-0.2, 0) is 6.42 Å². The van der Waals surface area contributed by atoms with Crippen molar-refractivity contribution in [3.63, 3.8) is 0 Å². The highest BCUT2D eigenvalue weighted by Crippen LogP contribution is 2.42. The zero-order valence-electron chi connectivity index (χ0n) is 10.9. The van der Waals surface area contributed by atoms with E-state index >= 15 is 0 Å². The molecule has 0 amide bonds. The van der Waals surface area contributed by atoms with Gasteiger partial charge >= 0.3 is 0 Å². The number of aryl methyl sites for hydroxylation is 1. The van der Waals surface area contributed by atoms with Gasteiger partial charge in [-0.15, -0.1) is 11.6 Å². The molecular formula is C16H13BrCl2O. The fourth-order valence-electron chi connectivity index (χ4n) is 2.58. The Morgan fingerprint density at radius 2 is 2.00 bits per heavy atom. The van der Waals surface area contributed by atoms with Crippen molar-refractivity contribution in [2.75, 3.05) is 6.61 Å². The average molecular weight is 372 g/mol. The van der Waals surface area contributed by atoms with Gasteiger partial charge in [0.15, 0.2) is 0 Å². The minimum Gasteiger partial charge on any atom is -0.493 e. The molecule has 20 heavy (non-hydrogen) atoms. The molecule has 1 unspecified atom stereocenters. The molecule has 3 rings (SSSR count). The smallest absolute Gasteiger partial charge is 0.127 e. The maximum Gasteiger partial charge on any atom is 0.127 e. The molecule has 1 nitrogen and oxygen atoms in total. The Kier molecular flexibility index (Phi) is 3.98. The van der Waals surface area contributed by atoms with Crippen molar-refractivity contribution in [2.24, 2.45) is 0 Å². The maximum atomic E-state index is 6.67. The first kappa shape index (κ1) is 14.2. The monoisotopic (exact) mass is 370 g/mol. The number of halogens is 3. The summed E-state index contributed by atoms with van der Waals surface area (Å²) in [5.74, 6) is 0.895. The summed E-state index contributed by atoms with van der Waals surface area (Å²) in [6, 6.07) is 10.0. The molecule has 0 aromatic heterocycles. The van der Waals surface area contributed by atoms with Gasteiger partial charge in [0.05, 0.1) is 12.0 Å². The number of fused-ring (bicyclic) bond motifs is 1. The molecule has 0 radical (unpaired) electrons. The van der Waals surface area contributed by atoms with Gasteiger partial charge in [0.2, 0.25) is 0 Å². The standard InChI is InChI=1S/C16H13BrCl2O/c1-9-4-11(6-12(17)5-9)15(19)14-8-13(18)7-10-2-3-20-16(10)14/h4-8,15H,2-3H2,1H3. The van der Waals surface area contributed by atoms with Crippen molar-refractivity contribution in [3.05, 3.63) is 62.1 Å². The van der Waals surface area contributed by atoms with Crippen LogP contribution in [-0.4, -0.2) is 6.61 Å². The summed E-state index contributed by atoms with van der Waals surface area (Å²) in [5, 5.41) is 0.443. The maximum absolute atomic E-state index is 6.67. The van der Waals surface area contributed by atoms with Gasteiger partial charge in [-0.2, -0.15) is 0 Å². The van der Waals surface area contributed by atoms with E-state index in [1.807, 2.05) is 18.2 Å². The topological polar surface area (TPSA) is 9.23 Å². The molecule has 1 heterocycles. The van der Waals surface area contributed by atoms with Crippen LogP contribution in [0, 0.1) is 6.92 Å². The van der Waals surface area contributed by atoms with Crippen molar-refractivity contribution < 1.29 is 4.74 Å². The Balaban J connectivity index is 2.08. The molecule has 0 spiro atoms. The highest BCUT2D eigenvalue weighted by Gasteiger charge is 2.23. The molecule has 0 N–H and O–H groups in total. The molecule has 0 saturated carbocycles. The predicted molar refractivity (Wildman–Crippen MR) is 87.2 cm³/mol. The molecular weight excluding hydrogens is 359 g/mol. The second-order valence-electron chi connectivity index (χ2n) is 5.01. The van der Waals surface area contributed by atoms with E-state index in [0.29, 0.717) is 11.6 Å². The van der Waals surface area contributed by atoms with E-state index in [-0.39, 0.29) is 5.38 Å². The lowest BCUT2D eigenvalue weighted by Gasteiger charge is -2.16. The van der Waals surface area contributed by atoms with Crippen LogP contribution in [0.5, 0.6) is 5.75 Å². The second kappa shape index (κ2) is 5.59. The Morgan fingerprint density at radius 3 is 2.75 bits per heavy atom. The molecule has 0 aliphatic carbocycles. The molecule has 2 aromatic carbocycles. The van der Waals surface area contributed by atoms with Gasteiger partial charge in [0.1, 0.15) is 5.75 Å². The Morgan fingerprint density at radius 1 is 1.20 bits per heavy atom. The van der Waals surface area contributed by atoms with Crippen LogP contribution < -0.4 is 4.74 Å². The van der Waals surface area contributed by atoms with Crippen LogP contribution in [0.3, 0.4) is 0 Å². The van der Waals surface area contributed by atoms with Gasteiger partial charge in [0.25, 0.3) is 0 Å². The van der Waals surface area contributed by atoms with E-state index in [4.69, 9.17) is 27.9 Å². The van der Waals surface area contributed by atoms with Crippen molar-refractivity contribution in [3.8, 4) is 5.75 Å². The first-order chi connectivity index (χ1) is 9.54. The summed E-state index contributed by atoms with van der Waals surface area (Å²) in [5.41, 5.74) is 4.30. The van der Waals surface area contributed by atoms with Crippen LogP contribution in [0.2, 0.25) is 5.02 Å². The zero-order chi connectivity index (χ0) is 14.3. The molecule has 0 bridgehead atoms. The third-order valence-corrected chi connectivity index (χ3v) is 4.57. The van der Waals surface area contributed by atoms with E-state index in [9.17, 15) is 0 Å². The summed E-state index contributed by atoms with van der Waals surface area (Å²) in [6.45, 7) is 2.75. The minimum absolute atomic E-state index is 0.267. The summed E-state index contributed by atoms with van der Waals surface area (Å²) >= 11 is 16.4. The number of rotatable bonds is 2. The van der Waals surface area contributed by atoms with Gasteiger partial charge in [0, 0.05) is 21.5 Å². The molecule has 1 aliphatic heterocycles. The number of ether oxygens (including phenoxy) is 1. The molecule has 4 heteroatoms. The molecule has 104 valence electrons. The second-order valence-corrected chi connectivity index (χ2v) is 6.79. The lowest BCUT2D eigenvalue weighted by atomic mass is 9.99. The SMILES string of the molecule is Cc1cc(Br)cc(C(Cl)c2cc(Cl)cc3c2OCC3)c1. The largest absolute Gasteiger partial charge is 0.493 e. The quantitative estimate of drug-likeness (QED) is 0.617. The molecule has 2 aromatic rings. The molecule has 1 atom stereocenters. The third-order valence-electron chi connectivity index (χ3n) is 3.41. The van der Waals surface area contributed by atoms with Crippen LogP contribution in [0.25, 0.3) is 0 Å². The van der Waals surface area contributed by atoms with Crippen LogP contribution in [0.4, 0.5) is 0 Å². The number of benzene rings is 2. The predicted octanol–water partition coefficient (Wildman–Crippen LogP) is 5.67. The summed E-state index contributed by atoms with van der Waals surface area (Å²) in [4.78, 5) is 0. The minimum atomic E-state index is -0.267. The first-order valence-electron chi connectivity index (χ1n) is 6.41. The summed E-state index contributed by atoms with van der Waals surface area (Å²) in [6.07, 6.45) is 0.893. The zero-order valence-corrected chi connectivity index (χ0v) is 14.0. The molecule has 0 saturated heterocycles. The van der Waals surface area contributed by atoms with Gasteiger partial charge < -0.3 is 4.74 Å². The highest BCUT2D eigenvalue weighted by atomic mass is 79.9. The lowest BCUT2D eigenvalue weighted by molar-refractivity contribution is 0.353. The van der Waals surface area contributed by atoms with Crippen LogP contribution >= 0.6 is 39.1 Å². The lowest BCUT2D eigenvalue weighted by Crippen LogP contribution is -1.98. The van der Waals surface area contributed by atoms with Gasteiger partial charge in [-0.3, -0.25) is 0 Å². The molecule has 0 fully saturated rings. The highest BCUT2D eigenvalue weighted by molar-refractivity contribution is 9.10. The third kappa shape index (κ3) is 2.69. The normalized spacial score (nSPS) is 14.8. The average Bonchev–Trinajstić information content (AvgIpc) is 2.83. The van der Waals surface area contributed by atoms with Crippen molar-refractivity contribution in [1.82, 2.24) is 0 Å². The van der Waals surface area contributed by atoms with E-state index in [1.165, 1.54) is 5.56 Å². The first-order valence-corrected chi connectivity index (χ1v) is 8.01. The van der Waals surface area contributed by atoms with Crippen molar-refractivity contribution in [1.29, 1.82) is 0 Å². The van der Waals surface area contributed by atoms with E-state index in [1.54, 1.807) is 0 Å². The van der Waals surface area contributed by atoms with Crippen molar-refractivity contribution >= 4 is 39.1 Å². The Hall–Kier alpha value is -0.700. The van der Waals surface area contributed by atoms with Crippen molar-refractivity contribution in [2.45, 2.75) is 18.7 Å². The van der Waals surface area contributed by atoms with Crippen LogP contribution in [0.1, 0.15) is 27.6 Å². The summed E-state index contributed by atoms with van der Waals surface area (Å²) < 4.78 is 6.76. The Bertz CT molecular complexity index is 650. The van der Waals surface area contributed by atoms with Crippen LogP contribution in [0.15, 0.2) is 34.8 Å². The van der Waals surface area contributed by atoms with Gasteiger partial charge in [-0.25, -0.2) is 0 Å². The fraction of sp³-hybridized carbons (Fsp3) is 0.250. The summed E-state index contributed by atoms with van der Waals surface area (Å²) in [7, 11) is 0. The molecule has 1 aliphatic rings.